The summed E-state index contributed by atoms with van der Waals surface area (Å²) in [5.41, 5.74) is 2.50. The molecule has 0 fully saturated rings. The highest BCUT2D eigenvalue weighted by atomic mass is 16.5. The van der Waals surface area contributed by atoms with Gasteiger partial charge in [-0.3, -0.25) is 0 Å². The summed E-state index contributed by atoms with van der Waals surface area (Å²) < 4.78 is 5.51. The van der Waals surface area contributed by atoms with E-state index in [1.807, 2.05) is 13.0 Å². The molecule has 2 rings (SSSR count). The van der Waals surface area contributed by atoms with Crippen LogP contribution in [0.3, 0.4) is 0 Å². The van der Waals surface area contributed by atoms with E-state index in [0.29, 0.717) is 12.5 Å². The van der Waals surface area contributed by atoms with E-state index in [-0.39, 0.29) is 0 Å². The molecule has 0 unspecified atom stereocenters. The summed E-state index contributed by atoms with van der Waals surface area (Å²) in [5, 5.41) is 3.35. The third-order valence-electron chi connectivity index (χ3n) is 3.11. The van der Waals surface area contributed by atoms with Crippen molar-refractivity contribution in [2.45, 2.75) is 40.2 Å². The van der Waals surface area contributed by atoms with Gasteiger partial charge in [0.2, 0.25) is 5.88 Å². The van der Waals surface area contributed by atoms with Gasteiger partial charge in [0.1, 0.15) is 11.6 Å². The average Bonchev–Trinajstić information content (AvgIpc) is 2.47. The Bertz CT molecular complexity index is 542. The maximum Gasteiger partial charge on any atom is 0.218 e. The van der Waals surface area contributed by atoms with Crippen molar-refractivity contribution in [2.75, 3.05) is 11.9 Å². The Balaban J connectivity index is 2.08. The molecule has 4 heteroatoms. The summed E-state index contributed by atoms with van der Waals surface area (Å²) in [5.74, 6) is 2.29. The Morgan fingerprint density at radius 1 is 1.10 bits per heavy atom. The molecule has 0 aliphatic rings. The number of hydrogen-bond acceptors (Lipinski definition) is 4. The van der Waals surface area contributed by atoms with Crippen LogP contribution in [0, 0.1) is 6.92 Å². The highest BCUT2D eigenvalue weighted by molar-refractivity contribution is 5.39. The van der Waals surface area contributed by atoms with E-state index < -0.39 is 0 Å². The van der Waals surface area contributed by atoms with Crippen molar-refractivity contribution in [3.63, 3.8) is 0 Å². The zero-order valence-corrected chi connectivity index (χ0v) is 13.0. The first-order valence-electron chi connectivity index (χ1n) is 7.51. The maximum absolute atomic E-state index is 5.51. The smallest absolute Gasteiger partial charge is 0.218 e. The Hall–Kier alpha value is -2.10. The Kier molecular flexibility index (Phi) is 5.55. The molecule has 0 radical (unpaired) electrons. The molecule has 21 heavy (non-hydrogen) atoms. The normalized spacial score (nSPS) is 10.4. The molecule has 0 aliphatic carbocycles. The zero-order valence-electron chi connectivity index (χ0n) is 13.0. The van der Waals surface area contributed by atoms with Crippen LogP contribution < -0.4 is 10.1 Å². The highest BCUT2D eigenvalue weighted by Crippen LogP contribution is 2.15. The quantitative estimate of drug-likeness (QED) is 0.841. The van der Waals surface area contributed by atoms with E-state index in [1.54, 1.807) is 0 Å². The fourth-order valence-electron chi connectivity index (χ4n) is 2.02. The molecule has 112 valence electrons. The minimum Gasteiger partial charge on any atom is -0.478 e. The van der Waals surface area contributed by atoms with E-state index in [0.717, 1.165) is 31.0 Å². The number of aryl methyl sites for hydroxylation is 2. The van der Waals surface area contributed by atoms with Gasteiger partial charge in [0.15, 0.2) is 0 Å². The molecule has 0 aliphatic heterocycles. The number of rotatable bonds is 7. The van der Waals surface area contributed by atoms with Gasteiger partial charge in [-0.25, -0.2) is 4.98 Å². The monoisotopic (exact) mass is 285 g/mol. The fourth-order valence-corrected chi connectivity index (χ4v) is 2.02. The predicted molar refractivity (Wildman–Crippen MR) is 85.7 cm³/mol. The van der Waals surface area contributed by atoms with E-state index in [2.05, 4.69) is 53.4 Å². The maximum atomic E-state index is 5.51. The molecule has 1 aromatic heterocycles. The number of hydrogen-bond donors (Lipinski definition) is 1. The van der Waals surface area contributed by atoms with Crippen LogP contribution in [0.1, 0.15) is 37.2 Å². The van der Waals surface area contributed by atoms with Crippen LogP contribution in [0.2, 0.25) is 0 Å². The van der Waals surface area contributed by atoms with E-state index >= 15 is 0 Å². The summed E-state index contributed by atoms with van der Waals surface area (Å²) in [6.45, 7) is 7.53. The van der Waals surface area contributed by atoms with E-state index in [9.17, 15) is 0 Å². The van der Waals surface area contributed by atoms with Gasteiger partial charge in [0.25, 0.3) is 0 Å². The molecule has 2 aromatic rings. The molecule has 0 amide bonds. The van der Waals surface area contributed by atoms with Gasteiger partial charge in [0, 0.05) is 19.0 Å². The lowest BCUT2D eigenvalue weighted by atomic mass is 10.1. The number of anilines is 1. The van der Waals surface area contributed by atoms with Crippen molar-refractivity contribution in [1.29, 1.82) is 0 Å². The first kappa shape index (κ1) is 15.3. The van der Waals surface area contributed by atoms with Crippen molar-refractivity contribution < 1.29 is 4.74 Å². The second-order valence-corrected chi connectivity index (χ2v) is 5.03. The van der Waals surface area contributed by atoms with Crippen molar-refractivity contribution in [2.24, 2.45) is 0 Å². The summed E-state index contributed by atoms with van der Waals surface area (Å²) in [6.07, 6.45) is 1.88. The lowest BCUT2D eigenvalue weighted by molar-refractivity contribution is 0.325. The molecule has 0 saturated carbocycles. The highest BCUT2D eigenvalue weighted by Gasteiger charge is 2.05. The van der Waals surface area contributed by atoms with Gasteiger partial charge in [0.05, 0.1) is 6.61 Å². The second kappa shape index (κ2) is 7.62. The number of benzene rings is 1. The molecule has 1 N–H and O–H groups in total. The molecular formula is C17H23N3O. The fraction of sp³-hybridized carbons (Fsp3) is 0.412. The first-order chi connectivity index (χ1) is 10.2. The second-order valence-electron chi connectivity index (χ2n) is 5.03. The topological polar surface area (TPSA) is 47.0 Å². The Morgan fingerprint density at radius 2 is 1.86 bits per heavy atom. The molecule has 0 bridgehead atoms. The van der Waals surface area contributed by atoms with Gasteiger partial charge in [-0.1, -0.05) is 36.8 Å². The van der Waals surface area contributed by atoms with Crippen molar-refractivity contribution >= 4 is 5.82 Å². The van der Waals surface area contributed by atoms with Gasteiger partial charge in [-0.2, -0.15) is 4.98 Å². The van der Waals surface area contributed by atoms with E-state index in [1.165, 1.54) is 11.1 Å². The van der Waals surface area contributed by atoms with Crippen molar-refractivity contribution in [3.05, 3.63) is 47.3 Å². The van der Waals surface area contributed by atoms with Crippen LogP contribution in [-0.4, -0.2) is 16.6 Å². The molecule has 1 heterocycles. The van der Waals surface area contributed by atoms with Gasteiger partial charge >= 0.3 is 0 Å². The lowest BCUT2D eigenvalue weighted by Crippen LogP contribution is -2.06. The molecule has 1 aromatic carbocycles. The summed E-state index contributed by atoms with van der Waals surface area (Å²) in [7, 11) is 0. The number of aromatic nitrogens is 2. The Morgan fingerprint density at radius 3 is 2.52 bits per heavy atom. The lowest BCUT2D eigenvalue weighted by Gasteiger charge is -2.10. The van der Waals surface area contributed by atoms with Crippen LogP contribution in [0.4, 0.5) is 5.82 Å². The van der Waals surface area contributed by atoms with Crippen LogP contribution in [0.5, 0.6) is 5.88 Å². The number of ether oxygens (including phenoxy) is 1. The summed E-state index contributed by atoms with van der Waals surface area (Å²) in [6, 6.07) is 10.3. The van der Waals surface area contributed by atoms with Gasteiger partial charge in [-0.15, -0.1) is 0 Å². The van der Waals surface area contributed by atoms with Crippen LogP contribution in [0.15, 0.2) is 30.3 Å². The first-order valence-corrected chi connectivity index (χ1v) is 7.51. The van der Waals surface area contributed by atoms with Crippen LogP contribution in [0.25, 0.3) is 0 Å². The SMILES string of the molecule is CCCc1nc(NCc2ccc(C)cc2)cc(OCC)n1. The van der Waals surface area contributed by atoms with Gasteiger partial charge < -0.3 is 10.1 Å². The molecule has 0 saturated heterocycles. The predicted octanol–water partition coefficient (Wildman–Crippen LogP) is 3.75. The van der Waals surface area contributed by atoms with Gasteiger partial charge in [-0.05, 0) is 25.8 Å². The minimum atomic E-state index is 0.611. The van der Waals surface area contributed by atoms with Crippen molar-refractivity contribution in [1.82, 2.24) is 9.97 Å². The molecule has 0 spiro atoms. The number of nitrogens with one attached hydrogen (secondary N) is 1. The largest absolute Gasteiger partial charge is 0.478 e. The molecular weight excluding hydrogens is 262 g/mol. The summed E-state index contributed by atoms with van der Waals surface area (Å²) >= 11 is 0. The van der Waals surface area contributed by atoms with Crippen LogP contribution in [-0.2, 0) is 13.0 Å². The molecule has 4 nitrogen and oxygen atoms in total. The number of nitrogens with zero attached hydrogens (tertiary/aromatic N) is 2. The zero-order chi connectivity index (χ0) is 15.1. The Labute approximate surface area is 126 Å². The summed E-state index contributed by atoms with van der Waals surface area (Å²) in [4.78, 5) is 8.94. The van der Waals surface area contributed by atoms with E-state index in [4.69, 9.17) is 4.74 Å². The third kappa shape index (κ3) is 4.74. The average molecular weight is 285 g/mol. The molecule has 0 atom stereocenters. The van der Waals surface area contributed by atoms with Crippen LogP contribution >= 0.6 is 0 Å². The van der Waals surface area contributed by atoms with Crippen molar-refractivity contribution in [3.8, 4) is 5.88 Å². The third-order valence-corrected chi connectivity index (χ3v) is 3.11. The minimum absolute atomic E-state index is 0.611. The standard InChI is InChI=1S/C17H23N3O/c1-4-6-15-19-16(11-17(20-15)21-5-2)18-12-14-9-7-13(3)8-10-14/h7-11H,4-6,12H2,1-3H3,(H,18,19,20).